The number of rotatable bonds is 7. The molecule has 6 nitrogen and oxygen atoms in total. The number of carboxylic acid groups (broad SMARTS) is 1. The third-order valence-corrected chi connectivity index (χ3v) is 5.36. The summed E-state index contributed by atoms with van der Waals surface area (Å²) in [6, 6.07) is 13.6. The fourth-order valence-electron chi connectivity index (χ4n) is 3.65. The van der Waals surface area contributed by atoms with Crippen molar-refractivity contribution in [3.05, 3.63) is 82.9 Å². The fraction of sp³-hybridized carbons (Fsp3) is 0.200. The first kappa shape index (κ1) is 20.6. The van der Waals surface area contributed by atoms with Crippen LogP contribution >= 0.6 is 0 Å². The van der Waals surface area contributed by atoms with Crippen LogP contribution in [-0.4, -0.2) is 16.1 Å². The van der Waals surface area contributed by atoms with Gasteiger partial charge in [0.05, 0.1) is 18.4 Å². The molecule has 0 saturated carbocycles. The van der Waals surface area contributed by atoms with Gasteiger partial charge in [-0.2, -0.15) is 0 Å². The highest BCUT2D eigenvalue weighted by Crippen LogP contribution is 2.32. The van der Waals surface area contributed by atoms with Gasteiger partial charge in [0, 0.05) is 29.3 Å². The van der Waals surface area contributed by atoms with Gasteiger partial charge in [-0.3, -0.25) is 9.78 Å². The lowest BCUT2D eigenvalue weighted by atomic mass is 10.0. The van der Waals surface area contributed by atoms with Crippen molar-refractivity contribution in [1.29, 1.82) is 0 Å². The molecule has 31 heavy (non-hydrogen) atoms. The summed E-state index contributed by atoms with van der Waals surface area (Å²) in [5, 5.41) is 10.2. The minimum Gasteiger partial charge on any atom is -0.489 e. The van der Waals surface area contributed by atoms with Crippen LogP contribution in [0.25, 0.3) is 22.1 Å². The highest BCUT2D eigenvalue weighted by molar-refractivity contribution is 5.93. The molecule has 0 aliphatic carbocycles. The van der Waals surface area contributed by atoms with Crippen molar-refractivity contribution in [3.8, 4) is 16.9 Å². The Hall–Kier alpha value is -3.64. The van der Waals surface area contributed by atoms with Crippen molar-refractivity contribution in [3.63, 3.8) is 0 Å². The monoisotopic (exact) mass is 416 g/mol. The average Bonchev–Trinajstić information content (AvgIpc) is 3.23. The van der Waals surface area contributed by atoms with Crippen molar-refractivity contribution >= 4 is 16.9 Å². The Morgan fingerprint density at radius 1 is 1.13 bits per heavy atom. The van der Waals surface area contributed by atoms with E-state index in [1.54, 1.807) is 12.5 Å². The maximum atomic E-state index is 11.3. The molecule has 158 valence electrons. The van der Waals surface area contributed by atoms with Gasteiger partial charge in [0.15, 0.2) is 0 Å². The standard InChI is InChI=1S/C25H24N2O4/c1-15-7-20(12-24(28)29)23(8-16(15)2)31-14-17-9-19-4-6-30-25(19)22(10-17)18-3-5-27-21(11-18)13-26/h3-11H,12-14,26H2,1-2H3,(H,28,29). The van der Waals surface area contributed by atoms with Gasteiger partial charge < -0.3 is 20.0 Å². The van der Waals surface area contributed by atoms with Crippen molar-refractivity contribution in [2.75, 3.05) is 0 Å². The topological polar surface area (TPSA) is 98.6 Å². The average molecular weight is 416 g/mol. The van der Waals surface area contributed by atoms with E-state index < -0.39 is 5.97 Å². The van der Waals surface area contributed by atoms with E-state index in [1.165, 1.54) is 0 Å². The molecule has 0 atom stereocenters. The molecule has 0 aliphatic heterocycles. The SMILES string of the molecule is Cc1cc(CC(=O)O)c(OCc2cc(-c3ccnc(CN)c3)c3occc3c2)cc1C. The van der Waals surface area contributed by atoms with E-state index in [1.807, 2.05) is 56.3 Å². The lowest BCUT2D eigenvalue weighted by molar-refractivity contribution is -0.136. The zero-order chi connectivity index (χ0) is 22.0. The maximum absolute atomic E-state index is 11.3. The van der Waals surface area contributed by atoms with Gasteiger partial charge in [0.2, 0.25) is 0 Å². The van der Waals surface area contributed by atoms with E-state index in [2.05, 4.69) is 4.98 Å². The van der Waals surface area contributed by atoms with Gasteiger partial charge in [0.25, 0.3) is 0 Å². The molecule has 0 bridgehead atoms. The Morgan fingerprint density at radius 3 is 2.71 bits per heavy atom. The summed E-state index contributed by atoms with van der Waals surface area (Å²) in [7, 11) is 0. The van der Waals surface area contributed by atoms with E-state index in [9.17, 15) is 9.90 Å². The summed E-state index contributed by atoms with van der Waals surface area (Å²) in [6.07, 6.45) is 3.32. The third kappa shape index (κ3) is 4.44. The van der Waals surface area contributed by atoms with Crippen molar-refractivity contribution in [2.24, 2.45) is 5.73 Å². The lowest BCUT2D eigenvalue weighted by Gasteiger charge is -2.14. The summed E-state index contributed by atoms with van der Waals surface area (Å²) < 4.78 is 11.8. The molecule has 0 saturated heterocycles. The fourth-order valence-corrected chi connectivity index (χ4v) is 3.65. The molecule has 0 aliphatic rings. The number of aryl methyl sites for hydroxylation is 2. The van der Waals surface area contributed by atoms with E-state index >= 15 is 0 Å². The summed E-state index contributed by atoms with van der Waals surface area (Å²) in [4.78, 5) is 15.6. The smallest absolute Gasteiger partial charge is 0.307 e. The Morgan fingerprint density at radius 2 is 1.94 bits per heavy atom. The number of ether oxygens (including phenoxy) is 1. The van der Waals surface area contributed by atoms with Gasteiger partial charge in [-0.25, -0.2) is 0 Å². The number of hydrogen-bond donors (Lipinski definition) is 2. The molecular weight excluding hydrogens is 392 g/mol. The number of hydrogen-bond acceptors (Lipinski definition) is 5. The predicted octanol–water partition coefficient (Wildman–Crippen LogP) is 4.78. The molecule has 2 aromatic heterocycles. The first-order valence-corrected chi connectivity index (χ1v) is 10.0. The van der Waals surface area contributed by atoms with E-state index in [-0.39, 0.29) is 6.42 Å². The molecule has 0 fully saturated rings. The maximum Gasteiger partial charge on any atom is 0.307 e. The normalized spacial score (nSPS) is 11.1. The minimum atomic E-state index is -0.886. The van der Waals surface area contributed by atoms with Crippen LogP contribution in [0.3, 0.4) is 0 Å². The molecule has 0 unspecified atom stereocenters. The van der Waals surface area contributed by atoms with Crippen LogP contribution in [-0.2, 0) is 24.4 Å². The minimum absolute atomic E-state index is 0.0820. The number of fused-ring (bicyclic) bond motifs is 1. The molecule has 2 aromatic carbocycles. The number of carboxylic acids is 1. The summed E-state index contributed by atoms with van der Waals surface area (Å²) in [5.41, 5.74) is 13.0. The molecule has 4 rings (SSSR count). The van der Waals surface area contributed by atoms with Gasteiger partial charge >= 0.3 is 5.97 Å². The van der Waals surface area contributed by atoms with Crippen LogP contribution < -0.4 is 10.5 Å². The van der Waals surface area contributed by atoms with Crippen LogP contribution in [0, 0.1) is 13.8 Å². The largest absolute Gasteiger partial charge is 0.489 e. The quantitative estimate of drug-likeness (QED) is 0.450. The van der Waals surface area contributed by atoms with Crippen LogP contribution in [0.2, 0.25) is 0 Å². The second-order valence-electron chi connectivity index (χ2n) is 7.63. The number of aliphatic carboxylic acids is 1. The second-order valence-corrected chi connectivity index (χ2v) is 7.63. The second kappa shape index (κ2) is 8.62. The van der Waals surface area contributed by atoms with Gasteiger partial charge in [-0.15, -0.1) is 0 Å². The Kier molecular flexibility index (Phi) is 5.73. The first-order chi connectivity index (χ1) is 14.9. The highest BCUT2D eigenvalue weighted by atomic mass is 16.5. The van der Waals surface area contributed by atoms with Crippen LogP contribution in [0.4, 0.5) is 0 Å². The molecule has 0 spiro atoms. The van der Waals surface area contributed by atoms with Crippen molar-refractivity contribution in [1.82, 2.24) is 4.98 Å². The summed E-state index contributed by atoms with van der Waals surface area (Å²) in [5.74, 6) is -0.294. The van der Waals surface area contributed by atoms with E-state index in [0.29, 0.717) is 24.5 Å². The van der Waals surface area contributed by atoms with Crippen LogP contribution in [0.1, 0.15) is 27.9 Å². The summed E-state index contributed by atoms with van der Waals surface area (Å²) in [6.45, 7) is 4.61. The first-order valence-electron chi connectivity index (χ1n) is 10.0. The summed E-state index contributed by atoms with van der Waals surface area (Å²) >= 11 is 0. The van der Waals surface area contributed by atoms with E-state index in [0.717, 1.165) is 44.5 Å². The van der Waals surface area contributed by atoms with E-state index in [4.69, 9.17) is 14.9 Å². The van der Waals surface area contributed by atoms with Gasteiger partial charge in [-0.05, 0) is 72.5 Å². The molecule has 4 aromatic rings. The number of furan rings is 1. The Labute approximate surface area is 180 Å². The van der Waals surface area contributed by atoms with Crippen molar-refractivity contribution in [2.45, 2.75) is 33.4 Å². The predicted molar refractivity (Wildman–Crippen MR) is 119 cm³/mol. The third-order valence-electron chi connectivity index (χ3n) is 5.36. The number of benzene rings is 2. The molecule has 0 radical (unpaired) electrons. The highest BCUT2D eigenvalue weighted by Gasteiger charge is 2.13. The van der Waals surface area contributed by atoms with Crippen LogP contribution in [0.15, 0.2) is 59.3 Å². The molecule has 6 heteroatoms. The zero-order valence-electron chi connectivity index (χ0n) is 17.5. The van der Waals surface area contributed by atoms with Crippen LogP contribution in [0.5, 0.6) is 5.75 Å². The van der Waals surface area contributed by atoms with Crippen molar-refractivity contribution < 1.29 is 19.1 Å². The number of aromatic nitrogens is 1. The number of pyridine rings is 1. The Bertz CT molecular complexity index is 1260. The van der Waals surface area contributed by atoms with Gasteiger partial charge in [-0.1, -0.05) is 6.07 Å². The number of carbonyl (C=O) groups is 1. The number of nitrogens with zero attached hydrogens (tertiary/aromatic N) is 1. The van der Waals surface area contributed by atoms with Gasteiger partial charge in [0.1, 0.15) is 17.9 Å². The molecule has 2 heterocycles. The molecule has 0 amide bonds. The molecular formula is C25H24N2O4. The number of nitrogens with two attached hydrogens (primary N) is 1. The zero-order valence-corrected chi connectivity index (χ0v) is 17.5. The molecule has 3 N–H and O–H groups in total. The lowest BCUT2D eigenvalue weighted by Crippen LogP contribution is -2.05. The Balaban J connectivity index is 1.69.